The van der Waals surface area contributed by atoms with Crippen molar-refractivity contribution in [1.29, 1.82) is 0 Å². The predicted octanol–water partition coefficient (Wildman–Crippen LogP) is 4.00. The molecule has 0 atom stereocenters. The Balaban J connectivity index is 2.07. The van der Waals surface area contributed by atoms with Gasteiger partial charge in [0.15, 0.2) is 0 Å². The van der Waals surface area contributed by atoms with E-state index in [0.717, 1.165) is 11.3 Å². The molecule has 0 aromatic heterocycles. The molecule has 0 fully saturated rings. The number of hydrogen-bond acceptors (Lipinski definition) is 2. The van der Waals surface area contributed by atoms with Crippen LogP contribution in [0.5, 0.6) is 5.75 Å². The lowest BCUT2D eigenvalue weighted by molar-refractivity contribution is 0.359. The van der Waals surface area contributed by atoms with E-state index in [2.05, 4.69) is 11.9 Å². The van der Waals surface area contributed by atoms with Gasteiger partial charge in [0.25, 0.3) is 0 Å². The normalized spacial score (nSPS) is 9.95. The van der Waals surface area contributed by atoms with Crippen LogP contribution in [0.2, 0.25) is 0 Å². The number of anilines is 1. The largest absolute Gasteiger partial charge is 0.489 e. The molecule has 1 N–H and O–H groups in total. The fourth-order valence-corrected chi connectivity index (χ4v) is 1.73. The van der Waals surface area contributed by atoms with Crippen LogP contribution in [0.4, 0.5) is 10.1 Å². The number of hydrogen-bond donors (Lipinski definition) is 1. The van der Waals surface area contributed by atoms with Crippen molar-refractivity contribution in [3.63, 3.8) is 0 Å². The summed E-state index contributed by atoms with van der Waals surface area (Å²) < 4.78 is 19.0. The van der Waals surface area contributed by atoms with Gasteiger partial charge in [0.2, 0.25) is 0 Å². The minimum absolute atomic E-state index is 0.257. The molecule has 0 heterocycles. The van der Waals surface area contributed by atoms with Crippen LogP contribution < -0.4 is 10.1 Å². The zero-order chi connectivity index (χ0) is 13.5. The summed E-state index contributed by atoms with van der Waals surface area (Å²) in [5.41, 5.74) is 1.47. The molecule has 0 aliphatic carbocycles. The van der Waals surface area contributed by atoms with E-state index >= 15 is 0 Å². The monoisotopic (exact) mass is 257 g/mol. The third-order valence-corrected chi connectivity index (χ3v) is 2.67. The summed E-state index contributed by atoms with van der Waals surface area (Å²) in [7, 11) is 0. The first kappa shape index (κ1) is 13.1. The molecule has 3 heteroatoms. The Bertz CT molecular complexity index is 554. The topological polar surface area (TPSA) is 21.3 Å². The third kappa shape index (κ3) is 3.58. The van der Waals surface area contributed by atoms with Crippen molar-refractivity contribution in [2.24, 2.45) is 0 Å². The molecule has 0 amide bonds. The number of rotatable bonds is 6. The molecule has 0 saturated heterocycles. The summed E-state index contributed by atoms with van der Waals surface area (Å²) in [5, 5.41) is 3.07. The van der Waals surface area contributed by atoms with E-state index in [1.54, 1.807) is 24.3 Å². The zero-order valence-corrected chi connectivity index (χ0v) is 10.6. The fourth-order valence-electron chi connectivity index (χ4n) is 1.73. The van der Waals surface area contributed by atoms with Crippen LogP contribution in [-0.4, -0.2) is 6.61 Å². The van der Waals surface area contributed by atoms with Gasteiger partial charge >= 0.3 is 0 Å². The summed E-state index contributed by atoms with van der Waals surface area (Å²) >= 11 is 0. The molecular formula is C16H16FNO. The van der Waals surface area contributed by atoms with Crippen LogP contribution >= 0.6 is 0 Å². The summed E-state index contributed by atoms with van der Waals surface area (Å²) in [6, 6.07) is 14.3. The maximum absolute atomic E-state index is 13.5. The summed E-state index contributed by atoms with van der Waals surface area (Å²) in [5.74, 6) is 0.526. The van der Waals surface area contributed by atoms with E-state index in [1.165, 1.54) is 6.07 Å². The smallest absolute Gasteiger partial charge is 0.146 e. The SMILES string of the molecule is C=CCOc1ccccc1CNc1ccccc1F. The Morgan fingerprint density at radius 1 is 1.11 bits per heavy atom. The molecule has 2 nitrogen and oxygen atoms in total. The molecule has 19 heavy (non-hydrogen) atoms. The average Bonchev–Trinajstić information content (AvgIpc) is 2.45. The molecule has 0 radical (unpaired) electrons. The number of benzene rings is 2. The molecule has 98 valence electrons. The maximum Gasteiger partial charge on any atom is 0.146 e. The first-order valence-electron chi connectivity index (χ1n) is 6.11. The maximum atomic E-state index is 13.5. The first-order chi connectivity index (χ1) is 9.31. The quantitative estimate of drug-likeness (QED) is 0.790. The van der Waals surface area contributed by atoms with Gasteiger partial charge in [-0.2, -0.15) is 0 Å². The van der Waals surface area contributed by atoms with Crippen molar-refractivity contribution in [2.75, 3.05) is 11.9 Å². The van der Waals surface area contributed by atoms with Crippen molar-refractivity contribution in [2.45, 2.75) is 6.54 Å². The van der Waals surface area contributed by atoms with Crippen LogP contribution in [0.3, 0.4) is 0 Å². The molecular weight excluding hydrogens is 241 g/mol. The third-order valence-electron chi connectivity index (χ3n) is 2.67. The highest BCUT2D eigenvalue weighted by atomic mass is 19.1. The van der Waals surface area contributed by atoms with Crippen LogP contribution in [0.25, 0.3) is 0 Å². The summed E-state index contributed by atoms with van der Waals surface area (Å²) in [6.07, 6.45) is 1.70. The predicted molar refractivity (Wildman–Crippen MR) is 75.9 cm³/mol. The van der Waals surface area contributed by atoms with Gasteiger partial charge < -0.3 is 10.1 Å². The van der Waals surface area contributed by atoms with Gasteiger partial charge in [-0.1, -0.05) is 43.0 Å². The Hall–Kier alpha value is -2.29. The number of para-hydroxylation sites is 2. The van der Waals surface area contributed by atoms with E-state index in [9.17, 15) is 4.39 Å². The van der Waals surface area contributed by atoms with Crippen LogP contribution in [0, 0.1) is 5.82 Å². The average molecular weight is 257 g/mol. The van der Waals surface area contributed by atoms with Crippen molar-refractivity contribution >= 4 is 5.69 Å². The molecule has 0 spiro atoms. The van der Waals surface area contributed by atoms with Gasteiger partial charge in [0.1, 0.15) is 18.2 Å². The molecule has 0 aliphatic rings. The van der Waals surface area contributed by atoms with Crippen molar-refractivity contribution in [1.82, 2.24) is 0 Å². The van der Waals surface area contributed by atoms with Gasteiger partial charge in [-0.25, -0.2) is 4.39 Å². The molecule has 0 aliphatic heterocycles. The van der Waals surface area contributed by atoms with Gasteiger partial charge in [-0.05, 0) is 18.2 Å². The van der Waals surface area contributed by atoms with E-state index in [1.807, 2.05) is 24.3 Å². The lowest BCUT2D eigenvalue weighted by Crippen LogP contribution is -2.04. The summed E-state index contributed by atoms with van der Waals surface area (Å²) in [6.45, 7) is 4.58. The second-order valence-electron chi connectivity index (χ2n) is 4.04. The highest BCUT2D eigenvalue weighted by Gasteiger charge is 2.04. The first-order valence-corrected chi connectivity index (χ1v) is 6.11. The van der Waals surface area contributed by atoms with E-state index in [4.69, 9.17) is 4.74 Å². The molecule has 2 aromatic rings. The zero-order valence-electron chi connectivity index (χ0n) is 10.6. The second kappa shape index (κ2) is 6.59. The molecule has 2 rings (SSSR count). The van der Waals surface area contributed by atoms with Crippen LogP contribution in [0.15, 0.2) is 61.2 Å². The number of halogens is 1. The molecule has 0 unspecified atom stereocenters. The minimum Gasteiger partial charge on any atom is -0.489 e. The van der Waals surface area contributed by atoms with Gasteiger partial charge in [-0.3, -0.25) is 0 Å². The van der Waals surface area contributed by atoms with Gasteiger partial charge in [0.05, 0.1) is 5.69 Å². The molecule has 0 bridgehead atoms. The highest BCUT2D eigenvalue weighted by Crippen LogP contribution is 2.20. The van der Waals surface area contributed by atoms with Crippen molar-refractivity contribution < 1.29 is 9.13 Å². The second-order valence-corrected chi connectivity index (χ2v) is 4.04. The highest BCUT2D eigenvalue weighted by molar-refractivity contribution is 5.46. The Morgan fingerprint density at radius 2 is 1.84 bits per heavy atom. The van der Waals surface area contributed by atoms with Crippen LogP contribution in [-0.2, 0) is 6.54 Å². The molecule has 0 saturated carbocycles. The summed E-state index contributed by atoms with van der Waals surface area (Å²) in [4.78, 5) is 0. The van der Waals surface area contributed by atoms with Gasteiger partial charge in [0, 0.05) is 12.1 Å². The molecule has 2 aromatic carbocycles. The lowest BCUT2D eigenvalue weighted by atomic mass is 10.2. The van der Waals surface area contributed by atoms with E-state index in [-0.39, 0.29) is 5.82 Å². The fraction of sp³-hybridized carbons (Fsp3) is 0.125. The lowest BCUT2D eigenvalue weighted by Gasteiger charge is -2.12. The van der Waals surface area contributed by atoms with Crippen LogP contribution in [0.1, 0.15) is 5.56 Å². The number of nitrogens with one attached hydrogen (secondary N) is 1. The van der Waals surface area contributed by atoms with Gasteiger partial charge in [-0.15, -0.1) is 0 Å². The van der Waals surface area contributed by atoms with Crippen molar-refractivity contribution in [3.05, 3.63) is 72.6 Å². The minimum atomic E-state index is -0.257. The van der Waals surface area contributed by atoms with E-state index < -0.39 is 0 Å². The number of ether oxygens (including phenoxy) is 1. The van der Waals surface area contributed by atoms with E-state index in [0.29, 0.717) is 18.8 Å². The van der Waals surface area contributed by atoms with Crippen molar-refractivity contribution in [3.8, 4) is 5.75 Å². The Kier molecular flexibility index (Phi) is 4.56. The Morgan fingerprint density at radius 3 is 2.63 bits per heavy atom. The Labute approximate surface area is 112 Å². The standard InChI is InChI=1S/C16H16FNO/c1-2-11-19-16-10-6-3-7-13(16)12-18-15-9-5-4-8-14(15)17/h2-10,18H,1,11-12H2.